The first kappa shape index (κ1) is 36.5. The average Bonchev–Trinajstić information content (AvgIpc) is 3.61. The van der Waals surface area contributed by atoms with Crippen molar-refractivity contribution in [2.45, 2.75) is 141 Å². The molecule has 46 heavy (non-hydrogen) atoms. The number of hydrogen-bond acceptors (Lipinski definition) is 6. The lowest BCUT2D eigenvalue weighted by Gasteiger charge is -2.35. The van der Waals surface area contributed by atoms with Gasteiger partial charge in [-0.15, -0.1) is 0 Å². The van der Waals surface area contributed by atoms with Crippen LogP contribution in [0.2, 0.25) is 0 Å². The average molecular weight is 637 g/mol. The summed E-state index contributed by atoms with van der Waals surface area (Å²) in [7, 11) is 1.70. The SMILES string of the molecule is CCCCCCCCc1ccc(COCC2CCCC(O[C@@H](c3ccccc3)[C@@H](C)NC(=O)[C@H](C)[C@@H](OC)[C@@H]3CCCN3)O2)cc1. The van der Waals surface area contributed by atoms with Gasteiger partial charge in [0.1, 0.15) is 6.10 Å². The smallest absolute Gasteiger partial charge is 0.225 e. The summed E-state index contributed by atoms with van der Waals surface area (Å²) in [6.45, 7) is 8.32. The van der Waals surface area contributed by atoms with E-state index in [0.717, 1.165) is 50.6 Å². The second-order valence-corrected chi connectivity index (χ2v) is 13.4. The number of nitrogens with one attached hydrogen (secondary N) is 2. The number of aryl methyl sites for hydroxylation is 1. The van der Waals surface area contributed by atoms with Gasteiger partial charge in [-0.1, -0.05) is 101 Å². The first-order valence-electron chi connectivity index (χ1n) is 18.1. The van der Waals surface area contributed by atoms with Gasteiger partial charge >= 0.3 is 0 Å². The molecule has 2 heterocycles. The van der Waals surface area contributed by atoms with Gasteiger partial charge in [-0.3, -0.25) is 4.79 Å². The lowest BCUT2D eigenvalue weighted by Crippen LogP contribution is -2.49. The molecule has 2 aromatic rings. The third-order valence-electron chi connectivity index (χ3n) is 9.65. The van der Waals surface area contributed by atoms with Gasteiger partial charge in [0, 0.05) is 13.2 Å². The van der Waals surface area contributed by atoms with Crippen molar-refractivity contribution in [3.05, 3.63) is 71.3 Å². The van der Waals surface area contributed by atoms with Gasteiger partial charge in [-0.25, -0.2) is 0 Å². The Bertz CT molecular complexity index is 1110. The van der Waals surface area contributed by atoms with E-state index in [0.29, 0.717) is 13.2 Å². The van der Waals surface area contributed by atoms with E-state index in [1.54, 1.807) is 7.11 Å². The maximum atomic E-state index is 13.4. The quantitative estimate of drug-likeness (QED) is 0.145. The summed E-state index contributed by atoms with van der Waals surface area (Å²) in [6.07, 6.45) is 13.1. The number of rotatable bonds is 20. The number of amides is 1. The van der Waals surface area contributed by atoms with Crippen LogP contribution in [0, 0.1) is 5.92 Å². The zero-order chi connectivity index (χ0) is 32.6. The van der Waals surface area contributed by atoms with Gasteiger partial charge in [-0.2, -0.15) is 0 Å². The van der Waals surface area contributed by atoms with Crippen LogP contribution >= 0.6 is 0 Å². The standard InChI is InChI=1S/C39H60N2O5/c1-5-6-7-8-9-11-16-31-22-24-32(25-23-31)27-44-28-34-19-14-21-36(45-34)46-38(33-17-12-10-13-18-33)30(3)41-39(42)29(2)37(43-4)35-20-15-26-40-35/h10,12-13,17-18,22-25,29-30,34-38,40H,5-9,11,14-16,19-21,26-28H2,1-4H3,(H,41,42)/t29-,30-,34?,35+,36?,37-,38-/m1/s1. The third-order valence-corrected chi connectivity index (χ3v) is 9.65. The van der Waals surface area contributed by atoms with Crippen molar-refractivity contribution in [2.24, 2.45) is 5.92 Å². The molecule has 0 radical (unpaired) electrons. The molecule has 2 fully saturated rings. The zero-order valence-electron chi connectivity index (χ0n) is 28.9. The van der Waals surface area contributed by atoms with Crippen LogP contribution in [0.25, 0.3) is 0 Å². The van der Waals surface area contributed by atoms with Crippen LogP contribution < -0.4 is 10.6 Å². The summed E-state index contributed by atoms with van der Waals surface area (Å²) in [6, 6.07) is 19.0. The van der Waals surface area contributed by atoms with Crippen LogP contribution in [0.3, 0.4) is 0 Å². The van der Waals surface area contributed by atoms with Gasteiger partial charge in [0.25, 0.3) is 0 Å². The van der Waals surface area contributed by atoms with E-state index in [1.165, 1.54) is 49.7 Å². The van der Waals surface area contributed by atoms with E-state index >= 15 is 0 Å². The Balaban J connectivity index is 1.24. The molecule has 0 bridgehead atoms. The summed E-state index contributed by atoms with van der Waals surface area (Å²) in [4.78, 5) is 13.4. The van der Waals surface area contributed by atoms with Crippen LogP contribution in [0.1, 0.15) is 114 Å². The highest BCUT2D eigenvalue weighted by atomic mass is 16.7. The molecule has 7 atom stereocenters. The van der Waals surface area contributed by atoms with Crippen molar-refractivity contribution < 1.29 is 23.7 Å². The summed E-state index contributed by atoms with van der Waals surface area (Å²) in [5, 5.41) is 6.73. The molecule has 0 saturated carbocycles. The minimum Gasteiger partial charge on any atom is -0.379 e. The monoisotopic (exact) mass is 636 g/mol. The van der Waals surface area contributed by atoms with Gasteiger partial charge in [-0.05, 0) is 75.1 Å². The molecule has 2 aromatic carbocycles. The Kier molecular flexibility index (Phi) is 16.0. The molecule has 2 aliphatic rings. The van der Waals surface area contributed by atoms with Crippen LogP contribution in [-0.2, 0) is 36.8 Å². The van der Waals surface area contributed by atoms with E-state index in [4.69, 9.17) is 18.9 Å². The molecule has 1 amide bonds. The maximum Gasteiger partial charge on any atom is 0.225 e. The summed E-state index contributed by atoms with van der Waals surface area (Å²) in [5.41, 5.74) is 3.62. The molecule has 7 nitrogen and oxygen atoms in total. The van der Waals surface area contributed by atoms with E-state index in [9.17, 15) is 4.79 Å². The first-order chi connectivity index (χ1) is 22.5. The topological polar surface area (TPSA) is 78.1 Å². The Hall–Kier alpha value is -2.29. The molecule has 2 unspecified atom stereocenters. The fourth-order valence-electron chi connectivity index (χ4n) is 6.89. The Morgan fingerprint density at radius 2 is 1.67 bits per heavy atom. The molecule has 0 spiro atoms. The van der Waals surface area contributed by atoms with Gasteiger partial charge in [0.15, 0.2) is 6.29 Å². The van der Waals surface area contributed by atoms with Crippen LogP contribution in [0.15, 0.2) is 54.6 Å². The van der Waals surface area contributed by atoms with Gasteiger partial charge < -0.3 is 29.6 Å². The fourth-order valence-corrected chi connectivity index (χ4v) is 6.89. The van der Waals surface area contributed by atoms with Crippen molar-refractivity contribution in [3.8, 4) is 0 Å². The Morgan fingerprint density at radius 3 is 2.39 bits per heavy atom. The molecule has 0 aliphatic carbocycles. The number of hydrogen-bond donors (Lipinski definition) is 2. The Labute approximate surface area is 278 Å². The van der Waals surface area contributed by atoms with Crippen LogP contribution in [0.4, 0.5) is 0 Å². The molecule has 2 aliphatic heterocycles. The van der Waals surface area contributed by atoms with E-state index in [-0.39, 0.29) is 48.5 Å². The predicted molar refractivity (Wildman–Crippen MR) is 185 cm³/mol. The van der Waals surface area contributed by atoms with E-state index in [1.807, 2.05) is 32.0 Å². The number of unbranched alkanes of at least 4 members (excludes halogenated alkanes) is 5. The highest BCUT2D eigenvalue weighted by Gasteiger charge is 2.35. The highest BCUT2D eigenvalue weighted by Crippen LogP contribution is 2.29. The number of benzene rings is 2. The van der Waals surface area contributed by atoms with Gasteiger partial charge in [0.05, 0.1) is 37.4 Å². The van der Waals surface area contributed by atoms with Crippen LogP contribution in [-0.4, -0.2) is 56.8 Å². The molecule has 256 valence electrons. The van der Waals surface area contributed by atoms with Crippen molar-refractivity contribution in [2.75, 3.05) is 20.3 Å². The molecule has 0 aromatic heterocycles. The second-order valence-electron chi connectivity index (χ2n) is 13.4. The third kappa shape index (κ3) is 11.7. The summed E-state index contributed by atoms with van der Waals surface area (Å²) >= 11 is 0. The second kappa shape index (κ2) is 20.2. The number of ether oxygens (including phenoxy) is 4. The molecule has 2 N–H and O–H groups in total. The molecular weight excluding hydrogens is 576 g/mol. The Morgan fingerprint density at radius 1 is 0.935 bits per heavy atom. The van der Waals surface area contributed by atoms with Crippen molar-refractivity contribution in [1.82, 2.24) is 10.6 Å². The number of methoxy groups -OCH3 is 1. The molecular formula is C39H60N2O5. The van der Waals surface area contributed by atoms with Crippen molar-refractivity contribution >= 4 is 5.91 Å². The molecule has 7 heteroatoms. The fraction of sp³-hybridized carbons (Fsp3) is 0.667. The highest BCUT2D eigenvalue weighted by molar-refractivity contribution is 5.79. The number of carbonyl (C=O) groups excluding carboxylic acids is 1. The first-order valence-corrected chi connectivity index (χ1v) is 18.1. The van der Waals surface area contributed by atoms with Crippen molar-refractivity contribution in [3.63, 3.8) is 0 Å². The number of carbonyl (C=O) groups is 1. The zero-order valence-corrected chi connectivity index (χ0v) is 28.9. The van der Waals surface area contributed by atoms with Gasteiger partial charge in [0.2, 0.25) is 5.91 Å². The summed E-state index contributed by atoms with van der Waals surface area (Å²) < 4.78 is 25.0. The van der Waals surface area contributed by atoms with Crippen LogP contribution in [0.5, 0.6) is 0 Å². The predicted octanol–water partition coefficient (Wildman–Crippen LogP) is 7.67. The largest absolute Gasteiger partial charge is 0.379 e. The maximum absolute atomic E-state index is 13.4. The minimum atomic E-state index is -0.361. The molecule has 2 saturated heterocycles. The lowest BCUT2D eigenvalue weighted by molar-refractivity contribution is -0.229. The molecule has 4 rings (SSSR count). The summed E-state index contributed by atoms with van der Waals surface area (Å²) in [5.74, 6) is -0.313. The normalized spacial score (nSPS) is 22.7. The lowest BCUT2D eigenvalue weighted by atomic mass is 9.94. The van der Waals surface area contributed by atoms with Crippen molar-refractivity contribution in [1.29, 1.82) is 0 Å². The van der Waals surface area contributed by atoms with E-state index < -0.39 is 0 Å². The van der Waals surface area contributed by atoms with E-state index in [2.05, 4.69) is 54.0 Å². The minimum absolute atomic E-state index is 0.0200.